The summed E-state index contributed by atoms with van der Waals surface area (Å²) in [6.07, 6.45) is 0. The Morgan fingerprint density at radius 1 is 1.16 bits per heavy atom. The first kappa shape index (κ1) is 16.5. The fraction of sp³-hybridized carbons (Fsp3) is 0.353. The van der Waals surface area contributed by atoms with Gasteiger partial charge in [-0.1, -0.05) is 23.4 Å². The van der Waals surface area contributed by atoms with Crippen LogP contribution in [0, 0.1) is 20.8 Å². The minimum absolute atomic E-state index is 0.525. The molecule has 1 aliphatic rings. The first-order valence-corrected chi connectivity index (χ1v) is 9.30. The number of aromatic nitrogens is 4. The van der Waals surface area contributed by atoms with Gasteiger partial charge in [0.1, 0.15) is 13.2 Å². The molecule has 0 atom stereocenters. The number of nitrogens with zero attached hydrogens (tertiary/aromatic N) is 4. The topological polar surface area (TPSA) is 61.5 Å². The van der Waals surface area contributed by atoms with Crippen molar-refractivity contribution in [1.29, 1.82) is 0 Å². The van der Waals surface area contributed by atoms with Crippen LogP contribution < -0.4 is 9.47 Å². The Kier molecular flexibility index (Phi) is 4.21. The smallest absolute Gasteiger partial charge is 0.253 e. The zero-order valence-corrected chi connectivity index (χ0v) is 15.7. The van der Waals surface area contributed by atoms with Crippen LogP contribution in [0.1, 0.15) is 22.5 Å². The number of thioether (sulfide) groups is 1. The molecule has 4 rings (SSSR count). The van der Waals surface area contributed by atoms with Crippen LogP contribution in [0.4, 0.5) is 0 Å². The molecule has 0 unspecified atom stereocenters. The molecule has 0 fully saturated rings. The molecule has 0 radical (unpaired) electrons. The predicted octanol–water partition coefficient (Wildman–Crippen LogP) is 3.77. The van der Waals surface area contributed by atoms with Gasteiger partial charge in [-0.3, -0.25) is 0 Å². The van der Waals surface area contributed by atoms with Crippen molar-refractivity contribution in [2.45, 2.75) is 31.7 Å². The second kappa shape index (κ2) is 6.38. The van der Waals surface area contributed by atoms with E-state index in [9.17, 15) is 0 Å². The van der Waals surface area contributed by atoms with Crippen LogP contribution in [-0.4, -0.2) is 32.8 Å². The number of hydrogen-bond donors (Lipinski definition) is 0. The molecule has 0 saturated heterocycles. The Bertz CT molecular complexity index is 973. The van der Waals surface area contributed by atoms with Crippen molar-refractivity contribution in [2.24, 2.45) is 0 Å². The Morgan fingerprint density at radius 2 is 1.96 bits per heavy atom. The van der Waals surface area contributed by atoms with Gasteiger partial charge in [-0.2, -0.15) is 4.98 Å². The van der Waals surface area contributed by atoms with Gasteiger partial charge in [0.15, 0.2) is 11.5 Å². The lowest BCUT2D eigenvalue weighted by atomic mass is 10.2. The molecule has 0 saturated carbocycles. The summed E-state index contributed by atoms with van der Waals surface area (Å²) >= 11 is 7.83. The highest BCUT2D eigenvalue weighted by atomic mass is 35.5. The molecule has 0 aliphatic carbocycles. The normalized spacial score (nSPS) is 13.4. The van der Waals surface area contributed by atoms with E-state index in [0.717, 1.165) is 22.5 Å². The average molecular weight is 377 g/mol. The molecular formula is C17H17ClN4O2S. The van der Waals surface area contributed by atoms with E-state index in [1.165, 1.54) is 0 Å². The molecule has 1 aliphatic heterocycles. The van der Waals surface area contributed by atoms with Gasteiger partial charge >= 0.3 is 0 Å². The molecule has 0 amide bonds. The number of benzene rings is 1. The summed E-state index contributed by atoms with van der Waals surface area (Å²) in [6, 6.07) is 3.86. The number of rotatable bonds is 3. The lowest BCUT2D eigenvalue weighted by Gasteiger charge is -2.20. The first-order chi connectivity index (χ1) is 12.0. The highest BCUT2D eigenvalue weighted by Crippen LogP contribution is 2.39. The van der Waals surface area contributed by atoms with Gasteiger partial charge in [0.2, 0.25) is 5.16 Å². The van der Waals surface area contributed by atoms with Crippen LogP contribution in [0.2, 0.25) is 5.02 Å². The van der Waals surface area contributed by atoms with E-state index in [4.69, 9.17) is 21.1 Å². The molecule has 0 bridgehead atoms. The van der Waals surface area contributed by atoms with Gasteiger partial charge in [-0.15, -0.1) is 5.10 Å². The van der Waals surface area contributed by atoms with Crippen LogP contribution in [0.5, 0.6) is 11.5 Å². The van der Waals surface area contributed by atoms with Gasteiger partial charge in [-0.05, 0) is 44.0 Å². The zero-order chi connectivity index (χ0) is 17.6. The molecule has 0 N–H and O–H groups in total. The maximum atomic E-state index is 6.29. The Balaban J connectivity index is 1.58. The Hall–Kier alpha value is -1.99. The highest BCUT2D eigenvalue weighted by molar-refractivity contribution is 7.98. The van der Waals surface area contributed by atoms with Gasteiger partial charge in [0.05, 0.1) is 5.02 Å². The predicted molar refractivity (Wildman–Crippen MR) is 97.0 cm³/mol. The molecule has 6 nitrogen and oxygen atoms in total. The molecule has 130 valence electrons. The number of aryl methyl sites for hydroxylation is 2. The molecule has 2 aromatic heterocycles. The average Bonchev–Trinajstić information content (AvgIpc) is 3.01. The van der Waals surface area contributed by atoms with Crippen molar-refractivity contribution in [1.82, 2.24) is 19.6 Å². The van der Waals surface area contributed by atoms with E-state index >= 15 is 0 Å². The van der Waals surface area contributed by atoms with Crippen molar-refractivity contribution < 1.29 is 9.47 Å². The fourth-order valence-corrected chi connectivity index (χ4v) is 3.73. The van der Waals surface area contributed by atoms with Gasteiger partial charge in [0.25, 0.3) is 5.78 Å². The summed E-state index contributed by atoms with van der Waals surface area (Å²) in [4.78, 5) is 9.02. The maximum absolute atomic E-state index is 6.29. The SMILES string of the molecule is Cc1nc2nc(SCc3cc(Cl)c4c(c3)OCCO4)nn2c(C)c1C. The third-order valence-corrected chi connectivity index (χ3v) is 5.46. The van der Waals surface area contributed by atoms with E-state index in [2.05, 4.69) is 15.1 Å². The van der Waals surface area contributed by atoms with Gasteiger partial charge in [-0.25, -0.2) is 9.50 Å². The van der Waals surface area contributed by atoms with Crippen molar-refractivity contribution in [3.8, 4) is 11.5 Å². The van der Waals surface area contributed by atoms with E-state index in [-0.39, 0.29) is 0 Å². The summed E-state index contributed by atoms with van der Waals surface area (Å²) in [5.41, 5.74) is 4.21. The second-order valence-electron chi connectivity index (χ2n) is 5.90. The van der Waals surface area contributed by atoms with E-state index < -0.39 is 0 Å². The Morgan fingerprint density at radius 3 is 2.80 bits per heavy atom. The van der Waals surface area contributed by atoms with Crippen LogP contribution >= 0.6 is 23.4 Å². The molecule has 8 heteroatoms. The largest absolute Gasteiger partial charge is 0.486 e. The third kappa shape index (κ3) is 3.02. The van der Waals surface area contributed by atoms with Crippen LogP contribution in [-0.2, 0) is 5.75 Å². The number of fused-ring (bicyclic) bond motifs is 2. The van der Waals surface area contributed by atoms with Crippen LogP contribution in [0.25, 0.3) is 5.78 Å². The summed E-state index contributed by atoms with van der Waals surface area (Å²) in [7, 11) is 0. The van der Waals surface area contributed by atoms with Crippen LogP contribution in [0.3, 0.4) is 0 Å². The third-order valence-electron chi connectivity index (χ3n) is 4.27. The molecular weight excluding hydrogens is 360 g/mol. The van der Waals surface area contributed by atoms with E-state index in [0.29, 0.717) is 46.4 Å². The molecule has 0 spiro atoms. The summed E-state index contributed by atoms with van der Waals surface area (Å²) in [6.45, 7) is 7.12. The van der Waals surface area contributed by atoms with Gasteiger partial charge in [0, 0.05) is 17.1 Å². The minimum Gasteiger partial charge on any atom is -0.486 e. The second-order valence-corrected chi connectivity index (χ2v) is 7.25. The van der Waals surface area contributed by atoms with Crippen molar-refractivity contribution in [3.63, 3.8) is 0 Å². The molecule has 3 heterocycles. The van der Waals surface area contributed by atoms with E-state index in [1.807, 2.05) is 32.9 Å². The summed E-state index contributed by atoms with van der Waals surface area (Å²) in [5, 5.41) is 5.81. The number of halogens is 1. The molecule has 1 aromatic carbocycles. The maximum Gasteiger partial charge on any atom is 0.253 e. The zero-order valence-electron chi connectivity index (χ0n) is 14.2. The first-order valence-electron chi connectivity index (χ1n) is 7.94. The highest BCUT2D eigenvalue weighted by Gasteiger charge is 2.17. The lowest BCUT2D eigenvalue weighted by Crippen LogP contribution is -2.15. The fourth-order valence-electron chi connectivity index (χ4n) is 2.69. The minimum atomic E-state index is 0.525. The van der Waals surface area contributed by atoms with Gasteiger partial charge < -0.3 is 9.47 Å². The summed E-state index contributed by atoms with van der Waals surface area (Å²) < 4.78 is 13.0. The monoisotopic (exact) mass is 376 g/mol. The summed E-state index contributed by atoms with van der Waals surface area (Å²) in [5.74, 6) is 2.63. The van der Waals surface area contributed by atoms with Crippen molar-refractivity contribution >= 4 is 29.1 Å². The number of hydrogen-bond acceptors (Lipinski definition) is 6. The Labute approximate surface area is 154 Å². The molecule has 3 aromatic rings. The lowest BCUT2D eigenvalue weighted by molar-refractivity contribution is 0.171. The van der Waals surface area contributed by atoms with Crippen molar-refractivity contribution in [2.75, 3.05) is 13.2 Å². The van der Waals surface area contributed by atoms with Crippen molar-refractivity contribution in [3.05, 3.63) is 39.7 Å². The standard InChI is InChI=1S/C17H17ClN4O2S/c1-9-10(2)19-16-20-17(21-22(16)11(9)3)25-8-12-6-13(18)15-14(7-12)23-4-5-24-15/h6-7H,4-5,8H2,1-3H3. The quantitative estimate of drug-likeness (QED) is 0.648. The number of ether oxygens (including phenoxy) is 2. The van der Waals surface area contributed by atoms with Crippen LogP contribution in [0.15, 0.2) is 17.3 Å². The van der Waals surface area contributed by atoms with E-state index in [1.54, 1.807) is 16.3 Å². The molecule has 25 heavy (non-hydrogen) atoms.